The highest BCUT2D eigenvalue weighted by molar-refractivity contribution is 8.27. The van der Waals surface area contributed by atoms with E-state index in [1.165, 1.54) is 22.7 Å². The van der Waals surface area contributed by atoms with Gasteiger partial charge in [-0.1, -0.05) is 42.2 Å². The van der Waals surface area contributed by atoms with E-state index in [0.717, 1.165) is 5.69 Å². The van der Waals surface area contributed by atoms with Gasteiger partial charge in [0.15, 0.2) is 4.32 Å². The van der Waals surface area contributed by atoms with Gasteiger partial charge in [0.25, 0.3) is 5.91 Å². The number of aromatic carboxylic acids is 1. The Hall–Kier alpha value is -3.36. The summed E-state index contributed by atoms with van der Waals surface area (Å²) >= 11 is 6.63. The Morgan fingerprint density at radius 1 is 1.10 bits per heavy atom. The molecule has 0 saturated carbocycles. The van der Waals surface area contributed by atoms with E-state index in [-0.39, 0.29) is 11.5 Å². The maximum absolute atomic E-state index is 13.0. The number of rotatable bonds is 5. The van der Waals surface area contributed by atoms with Crippen molar-refractivity contribution in [3.05, 3.63) is 76.9 Å². The van der Waals surface area contributed by atoms with Crippen LogP contribution in [0.3, 0.4) is 0 Å². The topological polar surface area (TPSA) is 74.0 Å². The van der Waals surface area contributed by atoms with Gasteiger partial charge in [0, 0.05) is 31.4 Å². The SMILES string of the molecule is CN(C)c1ccc(N2C(=O)/C(=C/c3ccc(-c4ccccc4C(=O)O)o3)SC2=S)cc1. The van der Waals surface area contributed by atoms with E-state index >= 15 is 0 Å². The number of hydrogen-bond acceptors (Lipinski definition) is 6. The zero-order chi connectivity index (χ0) is 22.1. The maximum atomic E-state index is 13.0. The fourth-order valence-electron chi connectivity index (χ4n) is 3.18. The number of anilines is 2. The summed E-state index contributed by atoms with van der Waals surface area (Å²) in [7, 11) is 3.90. The number of benzene rings is 2. The summed E-state index contributed by atoms with van der Waals surface area (Å²) in [6.07, 6.45) is 1.63. The van der Waals surface area contributed by atoms with Crippen LogP contribution >= 0.6 is 24.0 Å². The molecule has 8 heteroatoms. The molecule has 1 saturated heterocycles. The van der Waals surface area contributed by atoms with Crippen LogP contribution in [0, 0.1) is 0 Å². The van der Waals surface area contributed by atoms with Gasteiger partial charge in [0.2, 0.25) is 0 Å². The first-order valence-corrected chi connectivity index (χ1v) is 10.6. The van der Waals surface area contributed by atoms with Crippen LogP contribution in [0.25, 0.3) is 17.4 Å². The van der Waals surface area contributed by atoms with Gasteiger partial charge in [0.1, 0.15) is 11.5 Å². The molecule has 0 bridgehead atoms. The molecular weight excluding hydrogens is 432 g/mol. The van der Waals surface area contributed by atoms with Gasteiger partial charge in [-0.2, -0.15) is 0 Å². The number of amides is 1. The van der Waals surface area contributed by atoms with Crippen LogP contribution in [-0.4, -0.2) is 35.4 Å². The predicted octanol–water partition coefficient (Wildman–Crippen LogP) is 5.12. The molecular formula is C23H18N2O4S2. The molecule has 2 heterocycles. The number of furan rings is 1. The van der Waals surface area contributed by atoms with Crippen molar-refractivity contribution < 1.29 is 19.1 Å². The molecule has 1 fully saturated rings. The summed E-state index contributed by atoms with van der Waals surface area (Å²) in [6.45, 7) is 0. The number of thiocarbonyl (C=S) groups is 1. The lowest BCUT2D eigenvalue weighted by Crippen LogP contribution is -2.27. The third kappa shape index (κ3) is 4.12. The van der Waals surface area contributed by atoms with Gasteiger partial charge < -0.3 is 14.4 Å². The molecule has 0 atom stereocenters. The van der Waals surface area contributed by atoms with Crippen LogP contribution in [0.5, 0.6) is 0 Å². The zero-order valence-corrected chi connectivity index (χ0v) is 18.4. The second kappa shape index (κ2) is 8.41. The van der Waals surface area contributed by atoms with Crippen LogP contribution in [0.2, 0.25) is 0 Å². The van der Waals surface area contributed by atoms with Crippen LogP contribution in [0.15, 0.2) is 70.0 Å². The van der Waals surface area contributed by atoms with Gasteiger partial charge in [-0.25, -0.2) is 4.79 Å². The number of carbonyl (C=O) groups excluding carboxylic acids is 1. The molecule has 0 unspecified atom stereocenters. The number of carboxylic acid groups (broad SMARTS) is 1. The van der Waals surface area contributed by atoms with E-state index in [4.69, 9.17) is 16.6 Å². The molecule has 1 amide bonds. The van der Waals surface area contributed by atoms with Gasteiger partial charge in [0.05, 0.1) is 16.2 Å². The highest BCUT2D eigenvalue weighted by Gasteiger charge is 2.33. The van der Waals surface area contributed by atoms with E-state index in [1.54, 1.807) is 36.4 Å². The molecule has 4 rings (SSSR count). The van der Waals surface area contributed by atoms with E-state index in [0.29, 0.717) is 32.0 Å². The molecule has 1 aliphatic rings. The summed E-state index contributed by atoms with van der Waals surface area (Å²) in [5, 5.41) is 9.39. The molecule has 31 heavy (non-hydrogen) atoms. The highest BCUT2D eigenvalue weighted by Crippen LogP contribution is 2.37. The molecule has 2 aromatic carbocycles. The normalized spacial score (nSPS) is 15.0. The number of carbonyl (C=O) groups is 2. The van der Waals surface area contributed by atoms with Crippen molar-refractivity contribution >= 4 is 57.6 Å². The molecule has 156 valence electrons. The van der Waals surface area contributed by atoms with Crippen molar-refractivity contribution in [3.8, 4) is 11.3 Å². The smallest absolute Gasteiger partial charge is 0.336 e. The molecule has 1 aliphatic heterocycles. The Labute approximate surface area is 188 Å². The minimum atomic E-state index is -1.03. The monoisotopic (exact) mass is 450 g/mol. The molecule has 0 radical (unpaired) electrons. The first-order valence-electron chi connectivity index (χ1n) is 9.33. The first-order chi connectivity index (χ1) is 14.8. The lowest BCUT2D eigenvalue weighted by atomic mass is 10.1. The van der Waals surface area contributed by atoms with Gasteiger partial charge in [-0.15, -0.1) is 0 Å². The van der Waals surface area contributed by atoms with E-state index < -0.39 is 5.97 Å². The van der Waals surface area contributed by atoms with Crippen molar-refractivity contribution in [2.75, 3.05) is 23.9 Å². The minimum absolute atomic E-state index is 0.149. The third-order valence-corrected chi connectivity index (χ3v) is 6.04. The number of carboxylic acids is 1. The van der Waals surface area contributed by atoms with Crippen LogP contribution in [0.4, 0.5) is 11.4 Å². The van der Waals surface area contributed by atoms with Crippen LogP contribution in [-0.2, 0) is 4.79 Å². The minimum Gasteiger partial charge on any atom is -0.478 e. The molecule has 1 aromatic heterocycles. The Morgan fingerprint density at radius 3 is 2.48 bits per heavy atom. The van der Waals surface area contributed by atoms with E-state index in [1.807, 2.05) is 43.3 Å². The second-order valence-corrected chi connectivity index (χ2v) is 8.66. The largest absolute Gasteiger partial charge is 0.478 e. The number of hydrogen-bond donors (Lipinski definition) is 1. The van der Waals surface area contributed by atoms with Crippen molar-refractivity contribution in [1.82, 2.24) is 0 Å². The Bertz CT molecular complexity index is 1210. The highest BCUT2D eigenvalue weighted by atomic mass is 32.2. The Balaban J connectivity index is 1.60. The zero-order valence-electron chi connectivity index (χ0n) is 16.7. The standard InChI is InChI=1S/C23H18N2O4S2/c1-24(2)14-7-9-15(10-8-14)25-21(26)20(31-23(25)30)13-16-11-12-19(29-16)17-5-3-4-6-18(17)22(27)28/h3-13H,1-2H3,(H,27,28)/b20-13-. The molecule has 1 N–H and O–H groups in total. The van der Waals surface area contributed by atoms with Crippen LogP contribution in [0.1, 0.15) is 16.1 Å². The molecule has 6 nitrogen and oxygen atoms in total. The lowest BCUT2D eigenvalue weighted by Gasteiger charge is -2.17. The van der Waals surface area contributed by atoms with Gasteiger partial charge >= 0.3 is 5.97 Å². The Morgan fingerprint density at radius 2 is 1.81 bits per heavy atom. The fraction of sp³-hybridized carbons (Fsp3) is 0.0870. The van der Waals surface area contributed by atoms with Crippen LogP contribution < -0.4 is 9.80 Å². The first kappa shape index (κ1) is 20.9. The van der Waals surface area contributed by atoms with Gasteiger partial charge in [-0.3, -0.25) is 9.69 Å². The van der Waals surface area contributed by atoms with Gasteiger partial charge in [-0.05, 0) is 42.5 Å². The summed E-state index contributed by atoms with van der Waals surface area (Å²) in [5.41, 5.74) is 2.35. The number of nitrogens with zero attached hydrogens (tertiary/aromatic N) is 2. The molecule has 0 aliphatic carbocycles. The predicted molar refractivity (Wildman–Crippen MR) is 128 cm³/mol. The lowest BCUT2D eigenvalue weighted by molar-refractivity contribution is -0.113. The average molecular weight is 451 g/mol. The summed E-state index contributed by atoms with van der Waals surface area (Å²) < 4.78 is 6.26. The van der Waals surface area contributed by atoms with E-state index in [2.05, 4.69) is 0 Å². The molecule has 0 spiro atoms. The average Bonchev–Trinajstić information content (AvgIpc) is 3.32. The maximum Gasteiger partial charge on any atom is 0.336 e. The summed E-state index contributed by atoms with van der Waals surface area (Å²) in [6, 6.07) is 17.6. The van der Waals surface area contributed by atoms with Crippen molar-refractivity contribution in [2.24, 2.45) is 0 Å². The quantitative estimate of drug-likeness (QED) is 0.427. The van der Waals surface area contributed by atoms with Crippen molar-refractivity contribution in [1.29, 1.82) is 0 Å². The summed E-state index contributed by atoms with van der Waals surface area (Å²) in [5.74, 6) is -0.399. The number of thioether (sulfide) groups is 1. The third-order valence-electron chi connectivity index (χ3n) is 4.74. The fourth-order valence-corrected chi connectivity index (χ4v) is 4.46. The Kier molecular flexibility index (Phi) is 5.67. The second-order valence-electron chi connectivity index (χ2n) is 6.98. The van der Waals surface area contributed by atoms with E-state index in [9.17, 15) is 14.7 Å². The molecule has 3 aromatic rings. The van der Waals surface area contributed by atoms with Crippen molar-refractivity contribution in [2.45, 2.75) is 0 Å². The van der Waals surface area contributed by atoms with Crippen molar-refractivity contribution in [3.63, 3.8) is 0 Å². The summed E-state index contributed by atoms with van der Waals surface area (Å²) in [4.78, 5) is 28.4.